The van der Waals surface area contributed by atoms with Crippen molar-refractivity contribution in [2.45, 2.75) is 72.3 Å². The van der Waals surface area contributed by atoms with Gasteiger partial charge in [-0.1, -0.05) is 47.0 Å². The van der Waals surface area contributed by atoms with Crippen LogP contribution in [0.3, 0.4) is 0 Å². The van der Waals surface area contributed by atoms with Crippen molar-refractivity contribution in [1.29, 1.82) is 0 Å². The molecule has 1 aliphatic rings. The number of carbonyl (C=O) groups excluding carboxylic acids is 1. The Hall–Kier alpha value is -0.240. The standard InChI is InChI=1S/C16H30ClNO/c1-13(16(2,3)4)12-15(19)18(11-10-17)14-8-6-5-7-9-14/h13-14H,5-12H2,1-4H3. The van der Waals surface area contributed by atoms with Gasteiger partial charge in [0.15, 0.2) is 0 Å². The summed E-state index contributed by atoms with van der Waals surface area (Å²) in [4.78, 5) is 14.6. The number of halogens is 1. The Labute approximate surface area is 123 Å². The lowest BCUT2D eigenvalue weighted by molar-refractivity contribution is -0.135. The number of hydrogen-bond donors (Lipinski definition) is 0. The number of alkyl halides is 1. The summed E-state index contributed by atoms with van der Waals surface area (Å²) in [5, 5.41) is 0. The van der Waals surface area contributed by atoms with Gasteiger partial charge in [0.05, 0.1) is 0 Å². The Kier molecular flexibility index (Phi) is 6.65. The van der Waals surface area contributed by atoms with Crippen molar-refractivity contribution < 1.29 is 4.79 Å². The normalized spacial score (nSPS) is 19.2. The van der Waals surface area contributed by atoms with Crippen LogP contribution in [0.15, 0.2) is 0 Å². The monoisotopic (exact) mass is 287 g/mol. The molecule has 0 aliphatic heterocycles. The van der Waals surface area contributed by atoms with Crippen LogP contribution in [-0.2, 0) is 4.79 Å². The molecule has 0 bridgehead atoms. The SMILES string of the molecule is CC(CC(=O)N(CCCl)C1CCCCC1)C(C)(C)C. The Morgan fingerprint density at radius 3 is 2.32 bits per heavy atom. The third kappa shape index (κ3) is 5.33. The molecule has 0 N–H and O–H groups in total. The second kappa shape index (κ2) is 7.52. The van der Waals surface area contributed by atoms with Gasteiger partial charge in [-0.15, -0.1) is 11.6 Å². The molecule has 0 spiro atoms. The molecule has 1 saturated carbocycles. The van der Waals surface area contributed by atoms with Crippen LogP contribution in [0.5, 0.6) is 0 Å². The van der Waals surface area contributed by atoms with Gasteiger partial charge in [0.25, 0.3) is 0 Å². The maximum Gasteiger partial charge on any atom is 0.223 e. The highest BCUT2D eigenvalue weighted by atomic mass is 35.5. The Balaban J connectivity index is 2.61. The van der Waals surface area contributed by atoms with Crippen LogP contribution >= 0.6 is 11.6 Å². The molecule has 0 saturated heterocycles. The molecule has 1 aliphatic carbocycles. The lowest BCUT2D eigenvalue weighted by Gasteiger charge is -2.36. The summed E-state index contributed by atoms with van der Waals surface area (Å²) >= 11 is 5.89. The first-order valence-electron chi connectivity index (χ1n) is 7.71. The van der Waals surface area contributed by atoms with E-state index >= 15 is 0 Å². The molecular formula is C16H30ClNO. The van der Waals surface area contributed by atoms with Crippen molar-refractivity contribution in [2.24, 2.45) is 11.3 Å². The van der Waals surface area contributed by atoms with Gasteiger partial charge in [0.1, 0.15) is 0 Å². The molecule has 2 nitrogen and oxygen atoms in total. The van der Waals surface area contributed by atoms with Crippen molar-refractivity contribution in [2.75, 3.05) is 12.4 Å². The highest BCUT2D eigenvalue weighted by Gasteiger charge is 2.29. The minimum Gasteiger partial charge on any atom is -0.339 e. The van der Waals surface area contributed by atoms with Gasteiger partial charge in [0.2, 0.25) is 5.91 Å². The predicted octanol–water partition coefficient (Wildman–Crippen LogP) is 4.46. The van der Waals surface area contributed by atoms with Crippen LogP contribution in [0.4, 0.5) is 0 Å². The highest BCUT2D eigenvalue weighted by Crippen LogP contribution is 2.30. The molecule has 1 unspecified atom stereocenters. The van der Waals surface area contributed by atoms with E-state index in [1.807, 2.05) is 0 Å². The van der Waals surface area contributed by atoms with E-state index < -0.39 is 0 Å². The van der Waals surface area contributed by atoms with Gasteiger partial charge in [-0.25, -0.2) is 0 Å². The topological polar surface area (TPSA) is 20.3 Å². The number of nitrogens with zero attached hydrogens (tertiary/aromatic N) is 1. The zero-order valence-corrected chi connectivity index (χ0v) is 13.8. The maximum absolute atomic E-state index is 12.6. The smallest absolute Gasteiger partial charge is 0.223 e. The summed E-state index contributed by atoms with van der Waals surface area (Å²) in [7, 11) is 0. The van der Waals surface area contributed by atoms with Gasteiger partial charge in [-0.05, 0) is 24.2 Å². The summed E-state index contributed by atoms with van der Waals surface area (Å²) < 4.78 is 0. The van der Waals surface area contributed by atoms with Crippen LogP contribution in [0.2, 0.25) is 0 Å². The second-order valence-electron chi connectivity index (χ2n) is 7.04. The van der Waals surface area contributed by atoms with Gasteiger partial charge in [0, 0.05) is 24.9 Å². The van der Waals surface area contributed by atoms with Crippen molar-refractivity contribution >= 4 is 17.5 Å². The number of carbonyl (C=O) groups is 1. The molecule has 112 valence electrons. The molecular weight excluding hydrogens is 258 g/mol. The van der Waals surface area contributed by atoms with E-state index in [1.165, 1.54) is 19.3 Å². The fourth-order valence-electron chi connectivity index (χ4n) is 2.68. The third-order valence-corrected chi connectivity index (χ3v) is 4.79. The van der Waals surface area contributed by atoms with Gasteiger partial charge < -0.3 is 4.90 Å². The highest BCUT2D eigenvalue weighted by molar-refractivity contribution is 6.18. The van der Waals surface area contributed by atoms with Crippen LogP contribution in [0, 0.1) is 11.3 Å². The average Bonchev–Trinajstić information content (AvgIpc) is 2.35. The third-order valence-electron chi connectivity index (χ3n) is 4.62. The first-order valence-corrected chi connectivity index (χ1v) is 8.25. The number of amides is 1. The molecule has 0 radical (unpaired) electrons. The fraction of sp³-hybridized carbons (Fsp3) is 0.938. The first kappa shape index (κ1) is 16.8. The van der Waals surface area contributed by atoms with Crippen molar-refractivity contribution in [3.63, 3.8) is 0 Å². The molecule has 0 heterocycles. The maximum atomic E-state index is 12.6. The minimum absolute atomic E-state index is 0.189. The van der Waals surface area contributed by atoms with Crippen LogP contribution in [-0.4, -0.2) is 29.3 Å². The van der Waals surface area contributed by atoms with Gasteiger partial charge in [-0.3, -0.25) is 4.79 Å². The predicted molar refractivity (Wildman–Crippen MR) is 82.5 cm³/mol. The van der Waals surface area contributed by atoms with E-state index in [1.54, 1.807) is 0 Å². The van der Waals surface area contributed by atoms with Crippen molar-refractivity contribution in [3.05, 3.63) is 0 Å². The van der Waals surface area contributed by atoms with E-state index in [0.717, 1.165) is 12.8 Å². The van der Waals surface area contributed by atoms with Crippen LogP contribution < -0.4 is 0 Å². The zero-order valence-electron chi connectivity index (χ0n) is 13.0. The second-order valence-corrected chi connectivity index (χ2v) is 7.42. The Morgan fingerprint density at radius 1 is 1.26 bits per heavy atom. The van der Waals surface area contributed by atoms with Crippen LogP contribution in [0.25, 0.3) is 0 Å². The zero-order chi connectivity index (χ0) is 14.5. The summed E-state index contributed by atoms with van der Waals surface area (Å²) in [5.74, 6) is 1.25. The van der Waals surface area contributed by atoms with E-state index in [4.69, 9.17) is 11.6 Å². The fourth-order valence-corrected chi connectivity index (χ4v) is 2.86. The van der Waals surface area contributed by atoms with E-state index in [9.17, 15) is 4.79 Å². The van der Waals surface area contributed by atoms with E-state index in [0.29, 0.717) is 36.7 Å². The molecule has 1 rings (SSSR count). The summed E-state index contributed by atoms with van der Waals surface area (Å²) in [6.07, 6.45) is 6.80. The lowest BCUT2D eigenvalue weighted by atomic mass is 9.79. The molecule has 1 atom stereocenters. The Bertz CT molecular complexity index is 279. The minimum atomic E-state index is 0.189. The first-order chi connectivity index (χ1) is 8.86. The Morgan fingerprint density at radius 2 is 1.84 bits per heavy atom. The largest absolute Gasteiger partial charge is 0.339 e. The molecule has 1 amide bonds. The van der Waals surface area contributed by atoms with Crippen LogP contribution in [0.1, 0.15) is 66.2 Å². The molecule has 19 heavy (non-hydrogen) atoms. The quantitative estimate of drug-likeness (QED) is 0.684. The molecule has 0 aromatic rings. The van der Waals surface area contributed by atoms with Crippen molar-refractivity contribution in [1.82, 2.24) is 4.90 Å². The summed E-state index contributed by atoms with van der Waals surface area (Å²) in [6.45, 7) is 9.51. The van der Waals surface area contributed by atoms with Gasteiger partial charge in [-0.2, -0.15) is 0 Å². The number of hydrogen-bond acceptors (Lipinski definition) is 1. The van der Waals surface area contributed by atoms with E-state index in [-0.39, 0.29) is 5.41 Å². The van der Waals surface area contributed by atoms with E-state index in [2.05, 4.69) is 32.6 Å². The average molecular weight is 288 g/mol. The molecule has 0 aromatic heterocycles. The molecule has 3 heteroatoms. The molecule has 1 fully saturated rings. The van der Waals surface area contributed by atoms with Gasteiger partial charge >= 0.3 is 0 Å². The lowest BCUT2D eigenvalue weighted by Crippen LogP contribution is -2.43. The number of rotatable bonds is 5. The molecule has 0 aromatic carbocycles. The van der Waals surface area contributed by atoms with Crippen molar-refractivity contribution in [3.8, 4) is 0 Å². The summed E-state index contributed by atoms with van der Waals surface area (Å²) in [5.41, 5.74) is 0.189. The summed E-state index contributed by atoms with van der Waals surface area (Å²) in [6, 6.07) is 0.437.